The van der Waals surface area contributed by atoms with Gasteiger partial charge in [-0.1, -0.05) is 13.8 Å². The molecule has 0 saturated carbocycles. The van der Waals surface area contributed by atoms with Crippen molar-refractivity contribution in [3.05, 3.63) is 29.8 Å². The molecule has 0 aromatic heterocycles. The van der Waals surface area contributed by atoms with Crippen LogP contribution in [-0.4, -0.2) is 25.6 Å². The van der Waals surface area contributed by atoms with Crippen molar-refractivity contribution in [3.63, 3.8) is 0 Å². The summed E-state index contributed by atoms with van der Waals surface area (Å²) in [5.41, 5.74) is 4.39. The minimum Gasteiger partial charge on any atom is -0.492 e. The van der Waals surface area contributed by atoms with E-state index >= 15 is 0 Å². The van der Waals surface area contributed by atoms with Crippen molar-refractivity contribution >= 4 is 5.91 Å². The van der Waals surface area contributed by atoms with Crippen molar-refractivity contribution in [1.29, 1.82) is 0 Å². The zero-order valence-electron chi connectivity index (χ0n) is 13.4. The summed E-state index contributed by atoms with van der Waals surface area (Å²) in [6, 6.07) is 4.43. The quantitative estimate of drug-likeness (QED) is 0.719. The third-order valence-corrected chi connectivity index (χ3v) is 4.06. The number of benzene rings is 1. The third-order valence-electron chi connectivity index (χ3n) is 4.06. The summed E-state index contributed by atoms with van der Waals surface area (Å²) in [4.78, 5) is 12.2. The number of carbonyl (C=O) groups excluding carboxylic acids is 1. The summed E-state index contributed by atoms with van der Waals surface area (Å²) in [5, 5.41) is 2.76. The van der Waals surface area contributed by atoms with Crippen molar-refractivity contribution in [3.8, 4) is 5.75 Å². The van der Waals surface area contributed by atoms with Crippen LogP contribution in [0.3, 0.4) is 0 Å². The number of ether oxygens (including phenoxy) is 1. The largest absolute Gasteiger partial charge is 0.492 e. The molecule has 0 radical (unpaired) electrons. The Morgan fingerprint density at radius 3 is 2.17 bits per heavy atom. The molecule has 0 saturated heterocycles. The molecule has 0 bridgehead atoms. The number of hydrogen-bond acceptors (Lipinski definition) is 3. The fraction of sp³-hybridized carbons (Fsp3) is 0.562. The van der Waals surface area contributed by atoms with E-state index in [9.17, 15) is 18.0 Å². The lowest BCUT2D eigenvalue weighted by molar-refractivity contribution is -0.137. The molecule has 23 heavy (non-hydrogen) atoms. The van der Waals surface area contributed by atoms with Crippen LogP contribution in [0.5, 0.6) is 5.75 Å². The Balaban J connectivity index is 2.44. The monoisotopic (exact) mass is 332 g/mol. The number of amides is 1. The van der Waals surface area contributed by atoms with E-state index in [4.69, 9.17) is 10.5 Å². The second-order valence-electron chi connectivity index (χ2n) is 5.32. The molecule has 0 heterocycles. The molecule has 130 valence electrons. The van der Waals surface area contributed by atoms with E-state index in [1.165, 1.54) is 12.1 Å². The van der Waals surface area contributed by atoms with Gasteiger partial charge in [0.05, 0.1) is 17.5 Å². The highest BCUT2D eigenvalue weighted by Crippen LogP contribution is 2.30. The van der Waals surface area contributed by atoms with Crippen LogP contribution in [0.2, 0.25) is 0 Å². The molecule has 0 spiro atoms. The Morgan fingerprint density at radius 2 is 1.74 bits per heavy atom. The molecule has 0 aliphatic heterocycles. The maximum Gasteiger partial charge on any atom is 0.416 e. The van der Waals surface area contributed by atoms with Crippen LogP contribution in [0.15, 0.2) is 24.3 Å². The zero-order valence-corrected chi connectivity index (χ0v) is 13.4. The smallest absolute Gasteiger partial charge is 0.416 e. The van der Waals surface area contributed by atoms with Gasteiger partial charge in [-0.05, 0) is 37.1 Å². The number of carbonyl (C=O) groups is 1. The van der Waals surface area contributed by atoms with Gasteiger partial charge in [-0.2, -0.15) is 13.2 Å². The topological polar surface area (TPSA) is 64.4 Å². The molecule has 0 aliphatic carbocycles. The van der Waals surface area contributed by atoms with E-state index in [-0.39, 0.29) is 25.6 Å². The van der Waals surface area contributed by atoms with Gasteiger partial charge >= 0.3 is 6.18 Å². The van der Waals surface area contributed by atoms with E-state index in [1.54, 1.807) is 0 Å². The van der Waals surface area contributed by atoms with Gasteiger partial charge in [0.2, 0.25) is 5.91 Å². The second-order valence-corrected chi connectivity index (χ2v) is 5.32. The molecular formula is C16H23F3N2O2. The summed E-state index contributed by atoms with van der Waals surface area (Å²) in [6.45, 7) is 4.53. The molecule has 1 amide bonds. The Hall–Kier alpha value is -1.76. The van der Waals surface area contributed by atoms with Crippen molar-refractivity contribution in [2.24, 2.45) is 11.1 Å². The van der Waals surface area contributed by atoms with Gasteiger partial charge in [0.1, 0.15) is 12.4 Å². The average Bonchev–Trinajstić information content (AvgIpc) is 2.53. The van der Waals surface area contributed by atoms with Crippen LogP contribution in [0.1, 0.15) is 32.3 Å². The molecule has 1 aromatic rings. The zero-order chi connectivity index (χ0) is 17.5. The van der Waals surface area contributed by atoms with Crippen LogP contribution in [0, 0.1) is 5.41 Å². The van der Waals surface area contributed by atoms with Gasteiger partial charge in [0.15, 0.2) is 0 Å². The predicted octanol–water partition coefficient (Wildman–Crippen LogP) is 2.97. The highest BCUT2D eigenvalue weighted by Gasteiger charge is 2.33. The summed E-state index contributed by atoms with van der Waals surface area (Å²) < 4.78 is 42.6. The molecule has 0 aliphatic rings. The van der Waals surface area contributed by atoms with Crippen LogP contribution in [0.25, 0.3) is 0 Å². The molecule has 4 nitrogen and oxygen atoms in total. The Morgan fingerprint density at radius 1 is 1.17 bits per heavy atom. The number of nitrogens with two attached hydrogens (primary N) is 1. The first-order chi connectivity index (χ1) is 10.8. The van der Waals surface area contributed by atoms with Crippen molar-refractivity contribution in [2.45, 2.75) is 32.9 Å². The van der Waals surface area contributed by atoms with Crippen LogP contribution >= 0.6 is 0 Å². The molecule has 7 heteroatoms. The third kappa shape index (κ3) is 5.13. The SMILES string of the molecule is CCC(CC)(CN)C(=O)NCCOc1ccc(C(F)(F)F)cc1. The molecule has 0 atom stereocenters. The summed E-state index contributed by atoms with van der Waals surface area (Å²) in [6.07, 6.45) is -3.07. The first kappa shape index (κ1) is 19.3. The van der Waals surface area contributed by atoms with Crippen LogP contribution < -0.4 is 15.8 Å². The molecule has 1 rings (SSSR count). The van der Waals surface area contributed by atoms with E-state index in [0.29, 0.717) is 18.6 Å². The van der Waals surface area contributed by atoms with Gasteiger partial charge in [0, 0.05) is 6.54 Å². The van der Waals surface area contributed by atoms with Gasteiger partial charge < -0.3 is 15.8 Å². The number of rotatable bonds is 8. The number of halogens is 3. The van der Waals surface area contributed by atoms with Gasteiger partial charge in [-0.3, -0.25) is 4.79 Å². The highest BCUT2D eigenvalue weighted by atomic mass is 19.4. The first-order valence-corrected chi connectivity index (χ1v) is 7.57. The fourth-order valence-corrected chi connectivity index (χ4v) is 2.21. The summed E-state index contributed by atoms with van der Waals surface area (Å²) in [7, 11) is 0. The first-order valence-electron chi connectivity index (χ1n) is 7.57. The summed E-state index contributed by atoms with van der Waals surface area (Å²) >= 11 is 0. The van der Waals surface area contributed by atoms with Crippen LogP contribution in [-0.2, 0) is 11.0 Å². The number of alkyl halides is 3. The van der Waals surface area contributed by atoms with E-state index in [0.717, 1.165) is 12.1 Å². The van der Waals surface area contributed by atoms with E-state index in [1.807, 2.05) is 13.8 Å². The minimum absolute atomic E-state index is 0.124. The summed E-state index contributed by atoms with van der Waals surface area (Å²) in [5.74, 6) is 0.198. The van der Waals surface area contributed by atoms with E-state index < -0.39 is 17.2 Å². The standard InChI is InChI=1S/C16H23F3N2O2/c1-3-15(4-2,11-20)14(22)21-9-10-23-13-7-5-12(6-8-13)16(17,18)19/h5-8H,3-4,9-11,20H2,1-2H3,(H,21,22). The number of nitrogens with one attached hydrogen (secondary N) is 1. The molecule has 3 N–H and O–H groups in total. The van der Waals surface area contributed by atoms with Crippen molar-refractivity contribution in [1.82, 2.24) is 5.32 Å². The van der Waals surface area contributed by atoms with Gasteiger partial charge in [0.25, 0.3) is 0 Å². The Kier molecular flexibility index (Phi) is 6.87. The molecular weight excluding hydrogens is 309 g/mol. The second kappa shape index (κ2) is 8.19. The van der Waals surface area contributed by atoms with Crippen molar-refractivity contribution < 1.29 is 22.7 Å². The lowest BCUT2D eigenvalue weighted by Gasteiger charge is -2.28. The molecule has 0 unspecified atom stereocenters. The normalized spacial score (nSPS) is 12.1. The lowest BCUT2D eigenvalue weighted by atomic mass is 9.81. The van der Waals surface area contributed by atoms with Gasteiger partial charge in [-0.25, -0.2) is 0 Å². The minimum atomic E-state index is -4.36. The highest BCUT2D eigenvalue weighted by molar-refractivity contribution is 5.82. The molecule has 0 fully saturated rings. The average molecular weight is 332 g/mol. The van der Waals surface area contributed by atoms with Crippen molar-refractivity contribution in [2.75, 3.05) is 19.7 Å². The Bertz CT molecular complexity index is 489. The maximum atomic E-state index is 12.4. The molecule has 1 aromatic carbocycles. The van der Waals surface area contributed by atoms with E-state index in [2.05, 4.69) is 5.32 Å². The van der Waals surface area contributed by atoms with Gasteiger partial charge in [-0.15, -0.1) is 0 Å². The lowest BCUT2D eigenvalue weighted by Crippen LogP contribution is -2.46. The Labute approximate surface area is 134 Å². The number of hydrogen-bond donors (Lipinski definition) is 2. The van der Waals surface area contributed by atoms with Crippen LogP contribution in [0.4, 0.5) is 13.2 Å². The fourth-order valence-electron chi connectivity index (χ4n) is 2.21. The predicted molar refractivity (Wildman–Crippen MR) is 82.0 cm³/mol. The maximum absolute atomic E-state index is 12.4.